The van der Waals surface area contributed by atoms with E-state index >= 15 is 0 Å². The zero-order valence-electron chi connectivity index (χ0n) is 6.35. The predicted octanol–water partition coefficient (Wildman–Crippen LogP) is 1.54. The van der Waals surface area contributed by atoms with Crippen molar-refractivity contribution in [3.05, 3.63) is 39.7 Å². The molecule has 0 aliphatic heterocycles. The van der Waals surface area contributed by atoms with Crippen LogP contribution in [0.1, 0.15) is 5.56 Å². The predicted molar refractivity (Wildman–Crippen MR) is 42.4 cm³/mol. The molecule has 0 amide bonds. The first-order chi connectivity index (χ1) is 6.15. The van der Waals surface area contributed by atoms with Gasteiger partial charge in [0.15, 0.2) is 0 Å². The van der Waals surface area contributed by atoms with Crippen LogP contribution in [0.3, 0.4) is 0 Å². The minimum Gasteiger partial charge on any atom is -0.411 e. The number of nitro benzene ring substituents is 1. The lowest BCUT2D eigenvalue weighted by atomic mass is 10.2. The van der Waals surface area contributed by atoms with E-state index in [1.165, 1.54) is 0 Å². The highest BCUT2D eigenvalue weighted by molar-refractivity contribution is 5.79. The van der Waals surface area contributed by atoms with Crippen molar-refractivity contribution in [2.45, 2.75) is 0 Å². The zero-order valence-corrected chi connectivity index (χ0v) is 6.35. The van der Waals surface area contributed by atoms with Crippen LogP contribution in [0.5, 0.6) is 0 Å². The van der Waals surface area contributed by atoms with E-state index < -0.39 is 10.7 Å². The van der Waals surface area contributed by atoms with Crippen molar-refractivity contribution in [3.8, 4) is 0 Å². The number of rotatable bonds is 2. The van der Waals surface area contributed by atoms with Gasteiger partial charge in [0.2, 0.25) is 0 Å². The lowest BCUT2D eigenvalue weighted by molar-refractivity contribution is -0.385. The van der Waals surface area contributed by atoms with Crippen LogP contribution in [0.15, 0.2) is 23.4 Å². The van der Waals surface area contributed by atoms with Gasteiger partial charge in [0.1, 0.15) is 5.82 Å². The lowest BCUT2D eigenvalue weighted by Gasteiger charge is -1.94. The molecular formula is C7H5FN2O3. The highest BCUT2D eigenvalue weighted by Crippen LogP contribution is 2.14. The van der Waals surface area contributed by atoms with Crippen molar-refractivity contribution in [1.82, 2.24) is 0 Å². The number of benzene rings is 1. The Balaban J connectivity index is 3.12. The van der Waals surface area contributed by atoms with Crippen LogP contribution in [-0.4, -0.2) is 16.3 Å². The van der Waals surface area contributed by atoms with E-state index in [4.69, 9.17) is 5.21 Å². The Kier molecular flexibility index (Phi) is 2.53. The van der Waals surface area contributed by atoms with Gasteiger partial charge in [0, 0.05) is 11.6 Å². The van der Waals surface area contributed by atoms with E-state index in [0.717, 1.165) is 24.4 Å². The maximum Gasteiger partial charge on any atom is 0.272 e. The SMILES string of the molecule is O=[N+]([O-])c1ccc(C=NO)c(F)c1. The van der Waals surface area contributed by atoms with Crippen molar-refractivity contribution in [2.24, 2.45) is 5.16 Å². The quantitative estimate of drug-likeness (QED) is 0.328. The van der Waals surface area contributed by atoms with Crippen molar-refractivity contribution >= 4 is 11.9 Å². The van der Waals surface area contributed by atoms with Crippen LogP contribution in [0, 0.1) is 15.9 Å². The molecule has 0 atom stereocenters. The third-order valence-electron chi connectivity index (χ3n) is 1.39. The summed E-state index contributed by atoms with van der Waals surface area (Å²) in [6, 6.07) is 3.05. The number of nitrogens with zero attached hydrogens (tertiary/aromatic N) is 2. The fraction of sp³-hybridized carbons (Fsp3) is 0. The van der Waals surface area contributed by atoms with E-state index in [0.29, 0.717) is 0 Å². The van der Waals surface area contributed by atoms with Gasteiger partial charge in [-0.05, 0) is 6.07 Å². The smallest absolute Gasteiger partial charge is 0.272 e. The highest BCUT2D eigenvalue weighted by Gasteiger charge is 2.08. The van der Waals surface area contributed by atoms with E-state index in [1.54, 1.807) is 0 Å². The molecule has 13 heavy (non-hydrogen) atoms. The summed E-state index contributed by atoms with van der Waals surface area (Å²) in [5, 5.41) is 20.9. The van der Waals surface area contributed by atoms with Crippen molar-refractivity contribution in [3.63, 3.8) is 0 Å². The summed E-state index contributed by atoms with van der Waals surface area (Å²) >= 11 is 0. The largest absolute Gasteiger partial charge is 0.411 e. The zero-order chi connectivity index (χ0) is 9.84. The molecule has 1 aromatic carbocycles. The van der Waals surface area contributed by atoms with Crippen molar-refractivity contribution in [2.75, 3.05) is 0 Å². The summed E-state index contributed by atoms with van der Waals surface area (Å²) in [7, 11) is 0. The first-order valence-electron chi connectivity index (χ1n) is 3.26. The monoisotopic (exact) mass is 184 g/mol. The van der Waals surface area contributed by atoms with E-state index in [2.05, 4.69) is 5.16 Å². The second-order valence-electron chi connectivity index (χ2n) is 2.21. The van der Waals surface area contributed by atoms with Crippen LogP contribution in [0.2, 0.25) is 0 Å². The van der Waals surface area contributed by atoms with Gasteiger partial charge in [-0.1, -0.05) is 5.16 Å². The first-order valence-corrected chi connectivity index (χ1v) is 3.26. The molecule has 0 unspecified atom stereocenters. The summed E-state index contributed by atoms with van der Waals surface area (Å²) in [4.78, 5) is 9.47. The molecule has 0 radical (unpaired) electrons. The first kappa shape index (κ1) is 9.11. The van der Waals surface area contributed by atoms with E-state index in [1.807, 2.05) is 0 Å². The average Bonchev–Trinajstić information content (AvgIpc) is 2.08. The molecule has 68 valence electrons. The summed E-state index contributed by atoms with van der Waals surface area (Å²) in [5.74, 6) is -0.799. The summed E-state index contributed by atoms with van der Waals surface area (Å²) in [5.41, 5.74) is -0.347. The van der Waals surface area contributed by atoms with E-state index in [-0.39, 0.29) is 11.3 Å². The molecule has 0 saturated carbocycles. The molecule has 5 nitrogen and oxygen atoms in total. The molecule has 0 heterocycles. The van der Waals surface area contributed by atoms with Gasteiger partial charge in [0.25, 0.3) is 5.69 Å². The molecular weight excluding hydrogens is 179 g/mol. The molecule has 0 bridgehead atoms. The van der Waals surface area contributed by atoms with Gasteiger partial charge in [-0.2, -0.15) is 0 Å². The number of nitro groups is 1. The lowest BCUT2D eigenvalue weighted by Crippen LogP contribution is -1.92. The fourth-order valence-electron chi connectivity index (χ4n) is 0.797. The minimum atomic E-state index is -0.799. The minimum absolute atomic E-state index is 0.00639. The van der Waals surface area contributed by atoms with Gasteiger partial charge < -0.3 is 5.21 Å². The third kappa shape index (κ3) is 1.98. The van der Waals surface area contributed by atoms with Gasteiger partial charge in [0.05, 0.1) is 17.2 Å². The standard InChI is InChI=1S/C7H5FN2O3/c8-7-3-6(10(12)13)2-1-5(7)4-9-11/h1-4,11H. The molecule has 0 aliphatic carbocycles. The summed E-state index contributed by atoms with van der Waals surface area (Å²) in [6.07, 6.45) is 0.860. The number of hydrogen-bond acceptors (Lipinski definition) is 4. The normalized spacial score (nSPS) is 10.5. The molecule has 0 fully saturated rings. The second kappa shape index (κ2) is 3.61. The average molecular weight is 184 g/mol. The molecule has 0 aliphatic rings. The highest BCUT2D eigenvalue weighted by atomic mass is 19.1. The molecule has 0 aromatic heterocycles. The van der Waals surface area contributed by atoms with Gasteiger partial charge in [-0.15, -0.1) is 0 Å². The Bertz CT molecular complexity index is 365. The topological polar surface area (TPSA) is 75.7 Å². The Hall–Kier alpha value is -1.98. The Morgan fingerprint density at radius 1 is 1.62 bits per heavy atom. The molecule has 1 aromatic rings. The summed E-state index contributed by atoms with van der Waals surface area (Å²) < 4.78 is 12.9. The number of halogens is 1. The molecule has 1 rings (SSSR count). The second-order valence-corrected chi connectivity index (χ2v) is 2.21. The van der Waals surface area contributed by atoms with Crippen LogP contribution in [0.25, 0.3) is 0 Å². The fourth-order valence-corrected chi connectivity index (χ4v) is 0.797. The van der Waals surface area contributed by atoms with Crippen molar-refractivity contribution in [1.29, 1.82) is 0 Å². The Morgan fingerprint density at radius 2 is 2.31 bits per heavy atom. The Morgan fingerprint density at radius 3 is 2.77 bits per heavy atom. The van der Waals surface area contributed by atoms with Crippen LogP contribution in [-0.2, 0) is 0 Å². The van der Waals surface area contributed by atoms with Crippen LogP contribution in [0.4, 0.5) is 10.1 Å². The van der Waals surface area contributed by atoms with E-state index in [9.17, 15) is 14.5 Å². The molecule has 0 saturated heterocycles. The molecule has 6 heteroatoms. The number of oxime groups is 1. The number of non-ortho nitro benzene ring substituents is 1. The van der Waals surface area contributed by atoms with Crippen LogP contribution < -0.4 is 0 Å². The van der Waals surface area contributed by atoms with Gasteiger partial charge >= 0.3 is 0 Å². The maximum absolute atomic E-state index is 12.9. The molecule has 0 spiro atoms. The van der Waals surface area contributed by atoms with Gasteiger partial charge in [-0.25, -0.2) is 4.39 Å². The number of hydrogen-bond donors (Lipinski definition) is 1. The maximum atomic E-state index is 12.9. The van der Waals surface area contributed by atoms with Gasteiger partial charge in [-0.3, -0.25) is 10.1 Å². The molecule has 1 N–H and O–H groups in total. The Labute approximate surface area is 72.3 Å². The third-order valence-corrected chi connectivity index (χ3v) is 1.39. The van der Waals surface area contributed by atoms with Crippen LogP contribution >= 0.6 is 0 Å². The van der Waals surface area contributed by atoms with Crippen molar-refractivity contribution < 1.29 is 14.5 Å². The summed E-state index contributed by atoms with van der Waals surface area (Å²) in [6.45, 7) is 0.